The maximum atomic E-state index is 11.9. The summed E-state index contributed by atoms with van der Waals surface area (Å²) in [5.74, 6) is -0.586. The number of nitrogens with zero attached hydrogens (tertiary/aromatic N) is 4. The molecular formula is C15H12N4O2. The fourth-order valence-corrected chi connectivity index (χ4v) is 2.09. The van der Waals surface area contributed by atoms with Crippen LogP contribution < -0.4 is 0 Å². The van der Waals surface area contributed by atoms with Crippen LogP contribution in [0.25, 0.3) is 10.9 Å². The van der Waals surface area contributed by atoms with Gasteiger partial charge in [0, 0.05) is 18.6 Å². The van der Waals surface area contributed by atoms with E-state index in [0.29, 0.717) is 0 Å². The Morgan fingerprint density at radius 3 is 2.71 bits per heavy atom. The molecule has 6 nitrogen and oxygen atoms in total. The molecule has 3 aromatic rings. The largest absolute Gasteiger partial charge is 0.493 e. The summed E-state index contributed by atoms with van der Waals surface area (Å²) in [6, 6.07) is 12.3. The Bertz CT molecular complexity index is 838. The topological polar surface area (TPSA) is 79.8 Å². The molecule has 1 N–H and O–H groups in total. The minimum atomic E-state index is -0.553. The van der Waals surface area contributed by atoms with Gasteiger partial charge < -0.3 is 9.67 Å². The van der Waals surface area contributed by atoms with Crippen LogP contribution in [-0.2, 0) is 7.05 Å². The maximum absolute atomic E-state index is 11.9. The molecule has 21 heavy (non-hydrogen) atoms. The number of pyridine rings is 1. The van der Waals surface area contributed by atoms with Gasteiger partial charge in [-0.05, 0) is 18.2 Å². The molecule has 0 bridgehead atoms. The van der Waals surface area contributed by atoms with Crippen LogP contribution in [0.4, 0.5) is 5.69 Å². The molecule has 0 radical (unpaired) electrons. The van der Waals surface area contributed by atoms with Gasteiger partial charge in [0.1, 0.15) is 5.69 Å². The van der Waals surface area contributed by atoms with Crippen molar-refractivity contribution in [2.75, 3.05) is 0 Å². The fraction of sp³-hybridized carbons (Fsp3) is 0.0667. The number of fused-ring (bicyclic) bond motifs is 1. The van der Waals surface area contributed by atoms with E-state index in [1.54, 1.807) is 29.8 Å². The van der Waals surface area contributed by atoms with Crippen LogP contribution in [0.2, 0.25) is 0 Å². The van der Waals surface area contributed by atoms with E-state index >= 15 is 0 Å². The zero-order valence-electron chi connectivity index (χ0n) is 11.3. The second-order valence-electron chi connectivity index (χ2n) is 4.47. The summed E-state index contributed by atoms with van der Waals surface area (Å²) in [6.07, 6.45) is 1.51. The van der Waals surface area contributed by atoms with Crippen LogP contribution in [0.3, 0.4) is 0 Å². The highest BCUT2D eigenvalue weighted by molar-refractivity contribution is 5.96. The van der Waals surface area contributed by atoms with Gasteiger partial charge in [0.05, 0.1) is 5.52 Å². The van der Waals surface area contributed by atoms with E-state index in [9.17, 15) is 9.90 Å². The van der Waals surface area contributed by atoms with Gasteiger partial charge >= 0.3 is 5.91 Å². The van der Waals surface area contributed by atoms with Gasteiger partial charge in [0.25, 0.3) is 0 Å². The van der Waals surface area contributed by atoms with Gasteiger partial charge in [0.15, 0.2) is 5.69 Å². The van der Waals surface area contributed by atoms with Crippen molar-refractivity contribution >= 4 is 22.5 Å². The predicted octanol–water partition coefficient (Wildman–Crippen LogP) is 3.20. The number of azo groups is 1. The Balaban J connectivity index is 2.01. The molecule has 0 aliphatic rings. The lowest BCUT2D eigenvalue weighted by Gasteiger charge is -1.95. The summed E-state index contributed by atoms with van der Waals surface area (Å²) in [6.45, 7) is 0. The number of para-hydroxylation sites is 1. The van der Waals surface area contributed by atoms with Crippen LogP contribution in [0.5, 0.6) is 5.88 Å². The number of carbonyl (C=O) groups excluding carboxylic acids is 1. The smallest absolute Gasteiger partial charge is 0.313 e. The first-order valence-electron chi connectivity index (χ1n) is 6.32. The molecule has 2 aromatic heterocycles. The highest BCUT2D eigenvalue weighted by atomic mass is 16.3. The molecule has 6 heteroatoms. The van der Waals surface area contributed by atoms with Crippen LogP contribution in [0.15, 0.2) is 58.9 Å². The molecule has 0 aliphatic carbocycles. The van der Waals surface area contributed by atoms with Crippen molar-refractivity contribution in [2.24, 2.45) is 17.3 Å². The summed E-state index contributed by atoms with van der Waals surface area (Å²) in [5, 5.41) is 18.4. The minimum Gasteiger partial charge on any atom is -0.493 e. The highest BCUT2D eigenvalue weighted by Crippen LogP contribution is 2.37. The molecular weight excluding hydrogens is 268 g/mol. The van der Waals surface area contributed by atoms with Crippen molar-refractivity contribution in [3.05, 3.63) is 54.4 Å². The Labute approximate surface area is 120 Å². The predicted molar refractivity (Wildman–Crippen MR) is 77.7 cm³/mol. The average Bonchev–Trinajstić information content (AvgIpc) is 2.78. The van der Waals surface area contributed by atoms with E-state index in [1.807, 2.05) is 24.3 Å². The van der Waals surface area contributed by atoms with Crippen molar-refractivity contribution in [3.8, 4) is 5.88 Å². The fourth-order valence-electron chi connectivity index (χ4n) is 2.09. The van der Waals surface area contributed by atoms with Gasteiger partial charge in [-0.25, -0.2) is 0 Å². The number of amides is 1. The lowest BCUT2D eigenvalue weighted by Crippen LogP contribution is -1.96. The first-order valence-corrected chi connectivity index (χ1v) is 6.32. The number of rotatable bonds is 2. The number of carbonyl (C=O) groups is 1. The summed E-state index contributed by atoms with van der Waals surface area (Å²) >= 11 is 0. The minimum absolute atomic E-state index is 0.0335. The number of aryl methyl sites for hydroxylation is 1. The number of aromatic hydroxyl groups is 1. The van der Waals surface area contributed by atoms with E-state index in [1.165, 1.54) is 6.20 Å². The second-order valence-corrected chi connectivity index (χ2v) is 4.47. The van der Waals surface area contributed by atoms with Crippen molar-refractivity contribution in [1.82, 2.24) is 9.55 Å². The zero-order valence-corrected chi connectivity index (χ0v) is 11.3. The zero-order chi connectivity index (χ0) is 14.8. The van der Waals surface area contributed by atoms with Gasteiger partial charge in [-0.2, -0.15) is 0 Å². The SMILES string of the molecule is Cn1c(O)c(N=NC(=O)c2ccccn2)c2ccccc21. The number of aromatic nitrogens is 2. The molecule has 0 spiro atoms. The summed E-state index contributed by atoms with van der Waals surface area (Å²) < 4.78 is 1.59. The molecule has 0 unspecified atom stereocenters. The first-order chi connectivity index (χ1) is 10.2. The Kier molecular flexibility index (Phi) is 3.19. The Hall–Kier alpha value is -3.02. The highest BCUT2D eigenvalue weighted by Gasteiger charge is 2.14. The molecule has 0 saturated heterocycles. The first kappa shape index (κ1) is 13.0. The molecule has 3 rings (SSSR count). The third-order valence-electron chi connectivity index (χ3n) is 3.17. The lowest BCUT2D eigenvalue weighted by molar-refractivity contribution is 0.0990. The Morgan fingerprint density at radius 1 is 1.19 bits per heavy atom. The molecule has 1 aromatic carbocycles. The van der Waals surface area contributed by atoms with Crippen molar-refractivity contribution in [3.63, 3.8) is 0 Å². The Morgan fingerprint density at radius 2 is 1.95 bits per heavy atom. The van der Waals surface area contributed by atoms with Gasteiger partial charge in [-0.15, -0.1) is 10.2 Å². The molecule has 104 valence electrons. The molecule has 1 amide bonds. The van der Waals surface area contributed by atoms with Crippen LogP contribution in [0.1, 0.15) is 10.5 Å². The van der Waals surface area contributed by atoms with Gasteiger partial charge in [0.2, 0.25) is 5.88 Å². The summed E-state index contributed by atoms with van der Waals surface area (Å²) in [4.78, 5) is 15.8. The van der Waals surface area contributed by atoms with Crippen molar-refractivity contribution in [2.45, 2.75) is 0 Å². The molecule has 0 aliphatic heterocycles. The molecule has 0 saturated carbocycles. The summed E-state index contributed by atoms with van der Waals surface area (Å²) in [5.41, 5.74) is 1.30. The van der Waals surface area contributed by atoms with E-state index in [0.717, 1.165) is 10.9 Å². The normalized spacial score (nSPS) is 11.3. The number of benzene rings is 1. The quantitative estimate of drug-likeness (QED) is 0.732. The van der Waals surface area contributed by atoms with E-state index < -0.39 is 5.91 Å². The monoisotopic (exact) mass is 280 g/mol. The average molecular weight is 280 g/mol. The molecule has 0 atom stereocenters. The third kappa shape index (κ3) is 2.27. The third-order valence-corrected chi connectivity index (χ3v) is 3.17. The number of hydrogen-bond donors (Lipinski definition) is 1. The van der Waals surface area contributed by atoms with Crippen molar-refractivity contribution in [1.29, 1.82) is 0 Å². The van der Waals surface area contributed by atoms with Gasteiger partial charge in [-0.1, -0.05) is 24.3 Å². The van der Waals surface area contributed by atoms with Crippen LogP contribution >= 0.6 is 0 Å². The van der Waals surface area contributed by atoms with E-state index in [2.05, 4.69) is 15.2 Å². The lowest BCUT2D eigenvalue weighted by atomic mass is 10.2. The van der Waals surface area contributed by atoms with Gasteiger partial charge in [-0.3, -0.25) is 9.78 Å². The molecule has 0 fully saturated rings. The standard InChI is InChI=1S/C15H12N4O2/c1-19-12-8-3-2-6-10(12)13(15(19)21)17-18-14(20)11-7-4-5-9-16-11/h2-9,21H,1H3. The summed E-state index contributed by atoms with van der Waals surface area (Å²) in [7, 11) is 1.72. The van der Waals surface area contributed by atoms with Crippen molar-refractivity contribution < 1.29 is 9.90 Å². The van der Waals surface area contributed by atoms with Crippen LogP contribution in [0, 0.1) is 0 Å². The van der Waals surface area contributed by atoms with Crippen LogP contribution in [-0.4, -0.2) is 20.6 Å². The number of hydrogen-bond acceptors (Lipinski definition) is 4. The maximum Gasteiger partial charge on any atom is 0.313 e. The van der Waals surface area contributed by atoms with E-state index in [4.69, 9.17) is 0 Å². The van der Waals surface area contributed by atoms with E-state index in [-0.39, 0.29) is 17.3 Å². The molecule has 2 heterocycles. The second kappa shape index (κ2) is 5.16.